The van der Waals surface area contributed by atoms with Crippen LogP contribution in [0.1, 0.15) is 5.56 Å². The molecule has 5 heteroatoms. The Morgan fingerprint density at radius 1 is 1.05 bits per heavy atom. The van der Waals surface area contributed by atoms with E-state index in [2.05, 4.69) is 4.98 Å². The molecule has 0 spiro atoms. The van der Waals surface area contributed by atoms with Crippen molar-refractivity contribution in [2.24, 2.45) is 0 Å². The Morgan fingerprint density at radius 3 is 2.45 bits per heavy atom. The molecule has 0 fully saturated rings. The van der Waals surface area contributed by atoms with Crippen LogP contribution in [0.3, 0.4) is 0 Å². The average Bonchev–Trinajstić information content (AvgIpc) is 2.51. The van der Waals surface area contributed by atoms with Crippen LogP contribution in [0, 0.1) is 0 Å². The second kappa shape index (κ2) is 6.03. The molecular formula is C17H13ClN2O2. The summed E-state index contributed by atoms with van der Waals surface area (Å²) >= 11 is 6.20. The van der Waals surface area contributed by atoms with Gasteiger partial charge in [-0.3, -0.25) is 9.36 Å². The van der Waals surface area contributed by atoms with Gasteiger partial charge in [0.2, 0.25) is 5.88 Å². The fourth-order valence-electron chi connectivity index (χ4n) is 2.26. The molecule has 0 aliphatic heterocycles. The minimum absolute atomic E-state index is 0.316. The van der Waals surface area contributed by atoms with Crippen LogP contribution < -0.4 is 5.56 Å². The van der Waals surface area contributed by atoms with Gasteiger partial charge < -0.3 is 5.11 Å². The van der Waals surface area contributed by atoms with Crippen LogP contribution in [0.25, 0.3) is 11.4 Å². The van der Waals surface area contributed by atoms with Gasteiger partial charge in [-0.2, -0.15) is 4.98 Å². The van der Waals surface area contributed by atoms with E-state index in [-0.39, 0.29) is 11.4 Å². The highest BCUT2D eigenvalue weighted by Crippen LogP contribution is 2.26. The minimum Gasteiger partial charge on any atom is -0.493 e. The van der Waals surface area contributed by atoms with Crippen LogP contribution >= 0.6 is 11.6 Å². The van der Waals surface area contributed by atoms with Crippen molar-refractivity contribution in [3.8, 4) is 17.3 Å². The van der Waals surface area contributed by atoms with Gasteiger partial charge in [0.25, 0.3) is 5.56 Å². The van der Waals surface area contributed by atoms with E-state index < -0.39 is 0 Å². The van der Waals surface area contributed by atoms with Crippen molar-refractivity contribution in [2.75, 3.05) is 0 Å². The monoisotopic (exact) mass is 312 g/mol. The summed E-state index contributed by atoms with van der Waals surface area (Å²) in [5.41, 5.74) is 1.24. The van der Waals surface area contributed by atoms with Gasteiger partial charge in [0.05, 0.1) is 17.6 Å². The molecule has 0 bridgehead atoms. The van der Waals surface area contributed by atoms with Crippen molar-refractivity contribution in [2.45, 2.75) is 6.54 Å². The lowest BCUT2D eigenvalue weighted by Gasteiger charge is -2.13. The molecule has 0 saturated heterocycles. The molecule has 1 N–H and O–H groups in total. The summed E-state index contributed by atoms with van der Waals surface area (Å²) in [6.07, 6.45) is 0. The first kappa shape index (κ1) is 14.4. The Bertz CT molecular complexity index is 860. The van der Waals surface area contributed by atoms with Crippen LogP contribution in [-0.4, -0.2) is 14.7 Å². The van der Waals surface area contributed by atoms with Crippen LogP contribution in [0.2, 0.25) is 5.02 Å². The predicted molar refractivity (Wildman–Crippen MR) is 86.2 cm³/mol. The molecule has 4 nitrogen and oxygen atoms in total. The summed E-state index contributed by atoms with van der Waals surface area (Å²) in [7, 11) is 0. The number of aromatic nitrogens is 2. The van der Waals surface area contributed by atoms with E-state index in [1.54, 1.807) is 18.2 Å². The maximum atomic E-state index is 12.3. The summed E-state index contributed by atoms with van der Waals surface area (Å²) in [6, 6.07) is 17.8. The van der Waals surface area contributed by atoms with E-state index in [9.17, 15) is 9.90 Å². The van der Waals surface area contributed by atoms with Crippen LogP contribution in [0.15, 0.2) is 65.5 Å². The average molecular weight is 313 g/mol. The van der Waals surface area contributed by atoms with E-state index in [0.717, 1.165) is 11.6 Å². The lowest BCUT2D eigenvalue weighted by atomic mass is 10.2. The largest absolute Gasteiger partial charge is 0.493 e. The van der Waals surface area contributed by atoms with E-state index in [4.69, 9.17) is 11.6 Å². The second-order valence-corrected chi connectivity index (χ2v) is 5.23. The lowest BCUT2D eigenvalue weighted by molar-refractivity contribution is 0.448. The molecule has 0 aliphatic carbocycles. The fourth-order valence-corrected chi connectivity index (χ4v) is 2.48. The molecular weight excluding hydrogens is 300 g/mol. The summed E-state index contributed by atoms with van der Waals surface area (Å²) < 4.78 is 1.50. The van der Waals surface area contributed by atoms with Gasteiger partial charge >= 0.3 is 0 Å². The third-order valence-electron chi connectivity index (χ3n) is 3.29. The molecule has 1 heterocycles. The molecule has 2 aromatic carbocycles. The van der Waals surface area contributed by atoms with Crippen LogP contribution in [-0.2, 0) is 6.54 Å². The van der Waals surface area contributed by atoms with Gasteiger partial charge in [-0.25, -0.2) is 0 Å². The summed E-state index contributed by atoms with van der Waals surface area (Å²) in [5.74, 6) is 0.0312. The number of nitrogens with zero attached hydrogens (tertiary/aromatic N) is 2. The van der Waals surface area contributed by atoms with Crippen molar-refractivity contribution in [1.82, 2.24) is 9.55 Å². The zero-order valence-corrected chi connectivity index (χ0v) is 12.4. The highest BCUT2D eigenvalue weighted by atomic mass is 35.5. The smallest absolute Gasteiger partial charge is 0.257 e. The van der Waals surface area contributed by atoms with Gasteiger partial charge in [0.15, 0.2) is 0 Å². The zero-order valence-electron chi connectivity index (χ0n) is 11.6. The first-order valence-electron chi connectivity index (χ1n) is 6.75. The van der Waals surface area contributed by atoms with Crippen LogP contribution in [0.4, 0.5) is 0 Å². The fraction of sp³-hybridized carbons (Fsp3) is 0.0588. The summed E-state index contributed by atoms with van der Waals surface area (Å²) in [5, 5.41) is 10.1. The molecule has 0 radical (unpaired) electrons. The van der Waals surface area contributed by atoms with Gasteiger partial charge in [0.1, 0.15) is 5.82 Å². The summed E-state index contributed by atoms with van der Waals surface area (Å²) in [4.78, 5) is 16.4. The van der Waals surface area contributed by atoms with Crippen molar-refractivity contribution >= 4 is 11.6 Å². The number of rotatable bonds is 3. The minimum atomic E-state index is -0.328. The molecule has 110 valence electrons. The van der Waals surface area contributed by atoms with Crippen molar-refractivity contribution in [3.05, 3.63) is 81.6 Å². The maximum absolute atomic E-state index is 12.3. The molecule has 0 saturated carbocycles. The molecule has 0 aliphatic rings. The van der Waals surface area contributed by atoms with E-state index in [0.29, 0.717) is 23.0 Å². The van der Waals surface area contributed by atoms with E-state index >= 15 is 0 Å². The number of hydrogen-bond donors (Lipinski definition) is 1. The zero-order chi connectivity index (χ0) is 15.5. The Labute approximate surface area is 132 Å². The first-order chi connectivity index (χ1) is 10.6. The van der Waals surface area contributed by atoms with Gasteiger partial charge in [-0.05, 0) is 17.7 Å². The normalized spacial score (nSPS) is 10.6. The highest BCUT2D eigenvalue weighted by molar-refractivity contribution is 6.33. The van der Waals surface area contributed by atoms with Crippen LogP contribution in [0.5, 0.6) is 5.88 Å². The third kappa shape index (κ3) is 2.87. The molecule has 0 amide bonds. The van der Waals surface area contributed by atoms with Crippen molar-refractivity contribution in [1.29, 1.82) is 0 Å². The number of halogens is 1. The molecule has 0 atom stereocenters. The number of benzene rings is 2. The topological polar surface area (TPSA) is 55.1 Å². The summed E-state index contributed by atoms with van der Waals surface area (Å²) in [6.45, 7) is 0.355. The Morgan fingerprint density at radius 2 is 1.73 bits per heavy atom. The number of aromatic hydroxyl groups is 1. The Hall–Kier alpha value is -2.59. The molecule has 0 unspecified atom stereocenters. The lowest BCUT2D eigenvalue weighted by Crippen LogP contribution is -2.22. The van der Waals surface area contributed by atoms with Gasteiger partial charge in [-0.15, -0.1) is 0 Å². The second-order valence-electron chi connectivity index (χ2n) is 4.83. The molecule has 22 heavy (non-hydrogen) atoms. The maximum Gasteiger partial charge on any atom is 0.257 e. The van der Waals surface area contributed by atoms with Crippen molar-refractivity contribution in [3.63, 3.8) is 0 Å². The molecule has 1 aromatic heterocycles. The van der Waals surface area contributed by atoms with Crippen molar-refractivity contribution < 1.29 is 5.11 Å². The van der Waals surface area contributed by atoms with E-state index in [1.165, 1.54) is 4.57 Å². The Kier molecular flexibility index (Phi) is 3.94. The standard InChI is InChI=1S/C17H13ClN2O2/c18-14-9-5-4-8-13(14)17-19-15(21)10-16(22)20(17)11-12-6-2-1-3-7-12/h1-10,21H,11H2. The molecule has 3 aromatic rings. The number of hydrogen-bond acceptors (Lipinski definition) is 3. The highest BCUT2D eigenvalue weighted by Gasteiger charge is 2.13. The predicted octanol–water partition coefficient (Wildman–Crippen LogP) is 3.32. The van der Waals surface area contributed by atoms with Gasteiger partial charge in [-0.1, -0.05) is 54.1 Å². The third-order valence-corrected chi connectivity index (χ3v) is 3.62. The SMILES string of the molecule is O=c1cc(O)nc(-c2ccccc2Cl)n1Cc1ccccc1. The Balaban J connectivity index is 2.17. The van der Waals surface area contributed by atoms with Gasteiger partial charge in [0, 0.05) is 5.56 Å². The quantitative estimate of drug-likeness (QED) is 0.807. The van der Waals surface area contributed by atoms with E-state index in [1.807, 2.05) is 36.4 Å². The first-order valence-corrected chi connectivity index (χ1v) is 7.12. The molecule has 3 rings (SSSR count).